The number of phenols is 1. The second-order valence-electron chi connectivity index (χ2n) is 7.17. The lowest BCUT2D eigenvalue weighted by molar-refractivity contribution is -0.384. The van der Waals surface area contributed by atoms with Crippen LogP contribution < -0.4 is 4.74 Å². The van der Waals surface area contributed by atoms with Crippen molar-refractivity contribution in [1.29, 1.82) is 0 Å². The Balaban J connectivity index is 1.74. The highest BCUT2D eigenvalue weighted by atomic mass is 16.6. The molecule has 4 rings (SSSR count). The number of aromatic nitrogens is 1. The molecule has 1 aliphatic heterocycles. The van der Waals surface area contributed by atoms with E-state index in [0.29, 0.717) is 12.3 Å². The highest BCUT2D eigenvalue weighted by Gasteiger charge is 2.28. The van der Waals surface area contributed by atoms with E-state index >= 15 is 0 Å². The van der Waals surface area contributed by atoms with Gasteiger partial charge in [-0.15, -0.1) is 0 Å². The maximum Gasteiger partial charge on any atom is 0.269 e. The van der Waals surface area contributed by atoms with E-state index in [-0.39, 0.29) is 22.4 Å². The Kier molecular flexibility index (Phi) is 5.22. The smallest absolute Gasteiger partial charge is 0.269 e. The quantitative estimate of drug-likeness (QED) is 0.521. The number of hydrogen-bond donors (Lipinski definition) is 1. The van der Waals surface area contributed by atoms with E-state index in [1.807, 2.05) is 30.3 Å². The zero-order valence-electron chi connectivity index (χ0n) is 16.2. The Morgan fingerprint density at radius 3 is 2.66 bits per heavy atom. The number of aromatic hydroxyl groups is 1. The number of para-hydroxylation sites is 1. The van der Waals surface area contributed by atoms with Gasteiger partial charge in [-0.05, 0) is 30.2 Å². The average Bonchev–Trinajstić information content (AvgIpc) is 3.11. The molecule has 1 unspecified atom stereocenters. The maximum atomic E-state index is 11.1. The second-order valence-corrected chi connectivity index (χ2v) is 7.17. The molecule has 150 valence electrons. The summed E-state index contributed by atoms with van der Waals surface area (Å²) < 4.78 is 7.49. The van der Waals surface area contributed by atoms with E-state index in [2.05, 4.69) is 21.7 Å². The molecule has 0 aliphatic carbocycles. The van der Waals surface area contributed by atoms with Gasteiger partial charge in [-0.1, -0.05) is 24.3 Å². The van der Waals surface area contributed by atoms with Gasteiger partial charge in [0, 0.05) is 49.2 Å². The van der Waals surface area contributed by atoms with Gasteiger partial charge in [-0.2, -0.15) is 0 Å². The Hall–Kier alpha value is -3.32. The number of rotatable bonds is 5. The van der Waals surface area contributed by atoms with Crippen LogP contribution in [0.3, 0.4) is 0 Å². The largest absolute Gasteiger partial charge is 0.504 e. The summed E-state index contributed by atoms with van der Waals surface area (Å²) in [6.07, 6.45) is 3.04. The lowest BCUT2D eigenvalue weighted by Crippen LogP contribution is -2.29. The molecule has 7 heteroatoms. The van der Waals surface area contributed by atoms with E-state index in [1.54, 1.807) is 18.2 Å². The number of nitro benzene ring substituents is 1. The fourth-order valence-corrected chi connectivity index (χ4v) is 4.05. The first-order valence-electron chi connectivity index (χ1n) is 9.57. The predicted molar refractivity (Wildman–Crippen MR) is 109 cm³/mol. The molecule has 1 aromatic heterocycles. The molecule has 2 heterocycles. The molecule has 2 aromatic carbocycles. The van der Waals surface area contributed by atoms with Gasteiger partial charge in [0.15, 0.2) is 11.5 Å². The number of aryl methyl sites for hydroxylation is 1. The molecule has 0 fully saturated rings. The van der Waals surface area contributed by atoms with Gasteiger partial charge in [-0.25, -0.2) is 0 Å². The first-order valence-corrected chi connectivity index (χ1v) is 9.57. The van der Waals surface area contributed by atoms with E-state index in [0.717, 1.165) is 36.3 Å². The van der Waals surface area contributed by atoms with Crippen molar-refractivity contribution in [3.63, 3.8) is 0 Å². The molecular weight excluding hydrogens is 370 g/mol. The van der Waals surface area contributed by atoms with Crippen LogP contribution in [0.1, 0.15) is 29.3 Å². The first-order chi connectivity index (χ1) is 14.1. The van der Waals surface area contributed by atoms with Crippen molar-refractivity contribution in [2.45, 2.75) is 25.6 Å². The molecule has 1 atom stereocenters. The second kappa shape index (κ2) is 7.97. The van der Waals surface area contributed by atoms with Crippen LogP contribution in [0.25, 0.3) is 0 Å². The van der Waals surface area contributed by atoms with Crippen molar-refractivity contribution in [2.24, 2.45) is 0 Å². The summed E-state index contributed by atoms with van der Waals surface area (Å²) in [6.45, 7) is 2.28. The fraction of sp³-hybridized carbons (Fsp3) is 0.273. The first kappa shape index (κ1) is 19.0. The van der Waals surface area contributed by atoms with E-state index < -0.39 is 0 Å². The fourth-order valence-electron chi connectivity index (χ4n) is 4.05. The minimum absolute atomic E-state index is 0.0705. The number of phenolic OH excluding ortho intramolecular Hbond substituents is 1. The zero-order chi connectivity index (χ0) is 20.4. The van der Waals surface area contributed by atoms with Crippen LogP contribution in [0.4, 0.5) is 5.69 Å². The summed E-state index contributed by atoms with van der Waals surface area (Å²) in [5, 5.41) is 21.6. The minimum Gasteiger partial charge on any atom is -0.504 e. The molecular formula is C22H23N3O4. The van der Waals surface area contributed by atoms with Crippen LogP contribution in [0.2, 0.25) is 0 Å². The topological polar surface area (TPSA) is 80.8 Å². The van der Waals surface area contributed by atoms with E-state index in [4.69, 9.17) is 4.74 Å². The summed E-state index contributed by atoms with van der Waals surface area (Å²) in [5.41, 5.74) is 2.99. The van der Waals surface area contributed by atoms with Crippen LogP contribution in [-0.2, 0) is 13.1 Å². The highest BCUT2D eigenvalue weighted by molar-refractivity contribution is 5.45. The summed E-state index contributed by atoms with van der Waals surface area (Å²) in [7, 11) is 1.54. The third-order valence-electron chi connectivity index (χ3n) is 5.45. The van der Waals surface area contributed by atoms with Gasteiger partial charge in [0.2, 0.25) is 0 Å². The number of methoxy groups -OCH3 is 1. The van der Waals surface area contributed by atoms with Crippen LogP contribution in [0.5, 0.6) is 11.5 Å². The maximum absolute atomic E-state index is 11.1. The molecule has 0 saturated carbocycles. The van der Waals surface area contributed by atoms with Gasteiger partial charge in [0.1, 0.15) is 0 Å². The average molecular weight is 393 g/mol. The SMILES string of the molecule is COc1cccc(CN2CCCn3cccc3C2c2ccc([N+](=O)[O-])cc2)c1O. The molecule has 0 radical (unpaired) electrons. The molecule has 29 heavy (non-hydrogen) atoms. The van der Waals surface area contributed by atoms with Crippen LogP contribution in [0.15, 0.2) is 60.8 Å². The Labute approximate surface area is 168 Å². The lowest BCUT2D eigenvalue weighted by Gasteiger charge is -2.31. The highest BCUT2D eigenvalue weighted by Crippen LogP contribution is 2.36. The van der Waals surface area contributed by atoms with Crippen LogP contribution in [0, 0.1) is 10.1 Å². The summed E-state index contributed by atoms with van der Waals surface area (Å²) in [4.78, 5) is 13.0. The van der Waals surface area contributed by atoms with Gasteiger partial charge in [-0.3, -0.25) is 15.0 Å². The summed E-state index contributed by atoms with van der Waals surface area (Å²) in [5.74, 6) is 0.602. The molecule has 0 amide bonds. The molecule has 3 aromatic rings. The standard InChI is InChI=1S/C22H23N3O4/c1-29-20-7-2-5-17(22(20)26)15-24-14-4-13-23-12-3-6-19(23)21(24)16-8-10-18(11-9-16)25(27)28/h2-3,5-12,21,26H,4,13-15H2,1H3. The number of fused-ring (bicyclic) bond motifs is 1. The number of non-ortho nitro benzene ring substituents is 1. The Morgan fingerprint density at radius 1 is 1.14 bits per heavy atom. The van der Waals surface area contributed by atoms with E-state index in [1.165, 1.54) is 7.11 Å². The summed E-state index contributed by atoms with van der Waals surface area (Å²) in [6, 6.07) is 16.3. The van der Waals surface area contributed by atoms with Gasteiger partial charge in [0.05, 0.1) is 18.1 Å². The van der Waals surface area contributed by atoms with E-state index in [9.17, 15) is 15.2 Å². The van der Waals surface area contributed by atoms with Crippen molar-refractivity contribution in [2.75, 3.05) is 13.7 Å². The van der Waals surface area contributed by atoms with Gasteiger partial charge in [0.25, 0.3) is 5.69 Å². The summed E-state index contributed by atoms with van der Waals surface area (Å²) >= 11 is 0. The molecule has 7 nitrogen and oxygen atoms in total. The number of benzene rings is 2. The third-order valence-corrected chi connectivity index (χ3v) is 5.45. The van der Waals surface area contributed by atoms with Crippen LogP contribution >= 0.6 is 0 Å². The normalized spacial score (nSPS) is 16.8. The monoisotopic (exact) mass is 393 g/mol. The van der Waals surface area contributed by atoms with Crippen molar-refractivity contribution in [3.8, 4) is 11.5 Å². The lowest BCUT2D eigenvalue weighted by atomic mass is 10.0. The number of nitro groups is 1. The number of hydrogen-bond acceptors (Lipinski definition) is 5. The Morgan fingerprint density at radius 2 is 1.93 bits per heavy atom. The predicted octanol–water partition coefficient (Wildman–Crippen LogP) is 4.11. The molecule has 0 bridgehead atoms. The molecule has 0 spiro atoms. The van der Waals surface area contributed by atoms with Crippen molar-refractivity contribution in [1.82, 2.24) is 9.47 Å². The van der Waals surface area contributed by atoms with Gasteiger partial charge >= 0.3 is 0 Å². The van der Waals surface area contributed by atoms with Crippen molar-refractivity contribution < 1.29 is 14.8 Å². The molecule has 0 saturated heterocycles. The number of nitrogens with zero attached hydrogens (tertiary/aromatic N) is 3. The van der Waals surface area contributed by atoms with Crippen molar-refractivity contribution >= 4 is 5.69 Å². The third kappa shape index (κ3) is 3.69. The van der Waals surface area contributed by atoms with Gasteiger partial charge < -0.3 is 14.4 Å². The van der Waals surface area contributed by atoms with Crippen LogP contribution in [-0.4, -0.2) is 33.2 Å². The molecule has 1 aliphatic rings. The molecule has 1 N–H and O–H groups in total. The number of ether oxygens (including phenoxy) is 1. The minimum atomic E-state index is -0.383. The van der Waals surface area contributed by atoms with Crippen molar-refractivity contribution in [3.05, 3.63) is 87.7 Å². The Bertz CT molecular complexity index is 1010. The zero-order valence-corrected chi connectivity index (χ0v) is 16.2.